The highest BCUT2D eigenvalue weighted by atomic mass is 16.7. The molecule has 0 aromatic heterocycles. The minimum absolute atomic E-state index is 0.0582. The number of benzene rings is 3. The Bertz CT molecular complexity index is 2380. The summed E-state index contributed by atoms with van der Waals surface area (Å²) in [5.41, 5.74) is 15.2. The summed E-state index contributed by atoms with van der Waals surface area (Å²) in [6.07, 6.45) is 6.34. The molecule has 0 spiro atoms. The molecule has 9 atom stereocenters. The van der Waals surface area contributed by atoms with Crippen LogP contribution in [0.2, 0.25) is 5.82 Å². The van der Waals surface area contributed by atoms with E-state index in [4.69, 9.17) is 20.8 Å². The molecule has 3 amide bonds. The quantitative estimate of drug-likeness (QED) is 0.0165. The molecule has 4 aliphatic rings. The molecule has 9 N–H and O–H groups in total. The molecule has 390 valence electrons. The summed E-state index contributed by atoms with van der Waals surface area (Å²) in [6.45, 7) is 12.8. The van der Waals surface area contributed by atoms with Gasteiger partial charge in [0.05, 0.1) is 29.4 Å². The Morgan fingerprint density at radius 2 is 1.40 bits per heavy atom. The maximum atomic E-state index is 14.2. The van der Waals surface area contributed by atoms with Crippen molar-refractivity contribution >= 4 is 42.2 Å². The number of ketones is 3. The second-order valence-corrected chi connectivity index (χ2v) is 21.5. The summed E-state index contributed by atoms with van der Waals surface area (Å²) in [6, 6.07) is 17.9. The van der Waals surface area contributed by atoms with Crippen LogP contribution in [0.1, 0.15) is 145 Å². The van der Waals surface area contributed by atoms with Crippen molar-refractivity contribution in [3.8, 4) is 22.6 Å². The molecule has 3 aromatic carbocycles. The fourth-order valence-electron chi connectivity index (χ4n) is 11.1. The lowest BCUT2D eigenvalue weighted by Gasteiger charge is -2.64. The number of para-hydroxylation sites is 1. The zero-order chi connectivity index (χ0) is 52.3. The summed E-state index contributed by atoms with van der Waals surface area (Å²) in [7, 11) is -0.594. The first-order chi connectivity index (χ1) is 34.3. The van der Waals surface area contributed by atoms with Crippen molar-refractivity contribution < 1.29 is 48.3 Å². The molecule has 4 fully saturated rings. The highest BCUT2D eigenvalue weighted by Crippen LogP contribution is 2.66. The summed E-state index contributed by atoms with van der Waals surface area (Å²) in [4.78, 5) is 82.0. The third-order valence-electron chi connectivity index (χ3n) is 15.9. The van der Waals surface area contributed by atoms with Crippen LogP contribution in [0.15, 0.2) is 66.7 Å². The second-order valence-electron chi connectivity index (χ2n) is 21.5. The minimum Gasteiger partial charge on any atom is -0.504 e. The van der Waals surface area contributed by atoms with Crippen molar-refractivity contribution in [2.45, 2.75) is 155 Å². The summed E-state index contributed by atoms with van der Waals surface area (Å²) >= 11 is 0. The molecule has 1 unspecified atom stereocenters. The Morgan fingerprint density at radius 3 is 2.06 bits per heavy atom. The Hall–Kier alpha value is -5.42. The Labute approximate surface area is 425 Å². The number of phenolic OH excluding ortho intramolecular Hbond substituents is 2. The number of hydrogen-bond donors (Lipinski definition) is 7. The topological polar surface area (TPSA) is 249 Å². The first-order valence-corrected chi connectivity index (χ1v) is 26.2. The van der Waals surface area contributed by atoms with Gasteiger partial charge in [-0.25, -0.2) is 0 Å². The van der Waals surface area contributed by atoms with Crippen LogP contribution < -0.4 is 27.4 Å². The molecule has 0 radical (unpaired) electrons. The van der Waals surface area contributed by atoms with Crippen LogP contribution in [0.25, 0.3) is 11.1 Å². The van der Waals surface area contributed by atoms with E-state index >= 15 is 0 Å². The lowest BCUT2D eigenvalue weighted by atomic mass is 9.43. The molecule has 3 aromatic rings. The molecule has 72 heavy (non-hydrogen) atoms. The Kier molecular flexibility index (Phi) is 19.4. The van der Waals surface area contributed by atoms with Crippen LogP contribution in [0.3, 0.4) is 0 Å². The maximum absolute atomic E-state index is 14.2. The van der Waals surface area contributed by atoms with Crippen LogP contribution in [0.5, 0.6) is 11.5 Å². The van der Waals surface area contributed by atoms with Crippen LogP contribution in [-0.4, -0.2) is 95.8 Å². The van der Waals surface area contributed by atoms with E-state index in [1.165, 1.54) is 23.8 Å². The fraction of sp³-hybridized carbons (Fsp3) is 0.571. The molecule has 2 bridgehead atoms. The van der Waals surface area contributed by atoms with Gasteiger partial charge in [0.25, 0.3) is 5.91 Å². The average Bonchev–Trinajstić information content (AvgIpc) is 3.73. The van der Waals surface area contributed by atoms with Gasteiger partial charge in [-0.05, 0) is 130 Å². The number of nitrogens with one attached hydrogen (secondary N) is 3. The number of aromatic hydroxyl groups is 2. The Balaban J connectivity index is 1.05. The van der Waals surface area contributed by atoms with Crippen molar-refractivity contribution in [2.75, 3.05) is 19.6 Å². The summed E-state index contributed by atoms with van der Waals surface area (Å²) in [5, 5.41) is 28.4. The normalized spacial score (nSPS) is 21.8. The van der Waals surface area contributed by atoms with Gasteiger partial charge in [-0.1, -0.05) is 95.6 Å². The van der Waals surface area contributed by atoms with E-state index in [1.807, 2.05) is 19.1 Å². The number of phenols is 2. The molecule has 15 nitrogen and oxygen atoms in total. The zero-order valence-electron chi connectivity index (χ0n) is 43.2. The minimum atomic E-state index is -1.02. The van der Waals surface area contributed by atoms with E-state index in [-0.39, 0.29) is 92.6 Å². The van der Waals surface area contributed by atoms with Crippen molar-refractivity contribution in [1.29, 1.82) is 0 Å². The SMILES string of the molecule is CCCCc1ccc(-c2ccc(C(=O)C[C@@H](CCN)C(=O)N[C@@H](CCN)C(=O)C[C@@H](C)C(=O)N[C@@H](CCCCNC(=O)c3cccc(O)c3O)C(=O)C[C@@H](C)B3OC4C[C@@H]5C[C@@H](C5(C)C)[C@]4(C)O3)cc2)cc1. The number of hydrogen-bond acceptors (Lipinski definition) is 12. The first-order valence-electron chi connectivity index (χ1n) is 26.2. The number of unbranched alkanes of at least 4 members (excludes halogenated alkanes) is 2. The third kappa shape index (κ3) is 13.4. The predicted octanol–water partition coefficient (Wildman–Crippen LogP) is 7.24. The Morgan fingerprint density at radius 1 is 0.764 bits per heavy atom. The highest BCUT2D eigenvalue weighted by molar-refractivity contribution is 6.47. The van der Waals surface area contributed by atoms with E-state index in [2.05, 4.69) is 67.9 Å². The van der Waals surface area contributed by atoms with Crippen molar-refractivity contribution in [3.63, 3.8) is 0 Å². The fourth-order valence-corrected chi connectivity index (χ4v) is 11.1. The van der Waals surface area contributed by atoms with Crippen LogP contribution in [0, 0.1) is 29.1 Å². The largest absolute Gasteiger partial charge is 0.504 e. The number of nitrogens with two attached hydrogens (primary N) is 2. The van der Waals surface area contributed by atoms with Crippen molar-refractivity contribution in [2.24, 2.45) is 40.6 Å². The van der Waals surface area contributed by atoms with Crippen molar-refractivity contribution in [3.05, 3.63) is 83.4 Å². The second kappa shape index (κ2) is 25.0. The van der Waals surface area contributed by atoms with Gasteiger partial charge in [0.1, 0.15) is 0 Å². The number of carbonyl (C=O) groups is 6. The average molecular weight is 992 g/mol. The van der Waals surface area contributed by atoms with Gasteiger partial charge in [-0.3, -0.25) is 28.8 Å². The molecule has 3 saturated carbocycles. The smallest absolute Gasteiger partial charge is 0.461 e. The zero-order valence-corrected chi connectivity index (χ0v) is 43.2. The van der Waals surface area contributed by atoms with Gasteiger partial charge >= 0.3 is 7.12 Å². The van der Waals surface area contributed by atoms with E-state index < -0.39 is 71.6 Å². The van der Waals surface area contributed by atoms with Gasteiger partial charge in [-0.2, -0.15) is 0 Å². The van der Waals surface area contributed by atoms with Gasteiger partial charge in [0.15, 0.2) is 28.8 Å². The van der Waals surface area contributed by atoms with Crippen LogP contribution >= 0.6 is 0 Å². The molecule has 3 aliphatic carbocycles. The van der Waals surface area contributed by atoms with E-state index in [0.717, 1.165) is 43.2 Å². The first kappa shape index (κ1) is 55.9. The number of rotatable bonds is 28. The molecule has 7 rings (SSSR count). The molecular weight excluding hydrogens is 913 g/mol. The van der Waals surface area contributed by atoms with Crippen LogP contribution in [0.4, 0.5) is 0 Å². The number of carbonyl (C=O) groups excluding carboxylic acids is 6. The van der Waals surface area contributed by atoms with E-state index in [1.54, 1.807) is 19.1 Å². The third-order valence-corrected chi connectivity index (χ3v) is 15.9. The molecule has 16 heteroatoms. The maximum Gasteiger partial charge on any atom is 0.461 e. The van der Waals surface area contributed by atoms with Crippen molar-refractivity contribution in [1.82, 2.24) is 16.0 Å². The molecular formula is C56H78BN5O10. The van der Waals surface area contributed by atoms with E-state index in [0.29, 0.717) is 30.2 Å². The van der Waals surface area contributed by atoms with Crippen LogP contribution in [-0.2, 0) is 34.9 Å². The molecule has 1 saturated heterocycles. The van der Waals surface area contributed by atoms with Gasteiger partial charge < -0.3 is 46.9 Å². The molecule has 1 aliphatic heterocycles. The number of aryl methyl sites for hydroxylation is 1. The highest BCUT2D eigenvalue weighted by Gasteiger charge is 2.68. The lowest BCUT2D eigenvalue weighted by Crippen LogP contribution is -2.65. The monoisotopic (exact) mass is 992 g/mol. The number of Topliss-reactive ketones (excluding diaryl/α,β-unsaturated/α-hetero) is 3. The van der Waals surface area contributed by atoms with Gasteiger partial charge in [-0.15, -0.1) is 0 Å². The lowest BCUT2D eigenvalue weighted by molar-refractivity contribution is -0.199. The summed E-state index contributed by atoms with van der Waals surface area (Å²) < 4.78 is 13.1. The number of amides is 3. The standard InChI is InChI=1S/C56H78BN5O10/c1-7-8-12-36-16-18-37(19-17-36)38-20-22-39(23-21-38)46(64)31-40(24-26-58)53(69)62-44(25-27-59)47(65)29-34(2)52(68)61-43(14-9-10-28-60-54(70)42-13-11-15-45(63)51(42)67)48(66)30-35(3)57-71-50-33-41-32-49(55(41,4)5)56(50,6)72-57/h11,13,15-23,34-35,40-41,43-44,49-50,63,67H,7-10,12,14,24-33,58-59H2,1-6H3,(H,60,70)(H,61,68)(H,62,69)/t34-,35-,40-,41+,43+,44+,49+,50?,56+/m1/s1. The predicted molar refractivity (Wildman–Crippen MR) is 278 cm³/mol. The molecule has 1 heterocycles. The van der Waals surface area contributed by atoms with Gasteiger partial charge in [0, 0.05) is 43.2 Å². The van der Waals surface area contributed by atoms with Gasteiger partial charge in [0.2, 0.25) is 11.8 Å². The summed E-state index contributed by atoms with van der Waals surface area (Å²) in [5.74, 6) is -4.51. The van der Waals surface area contributed by atoms with E-state index in [9.17, 15) is 39.0 Å².